The van der Waals surface area contributed by atoms with E-state index in [1.807, 2.05) is 0 Å². The second kappa shape index (κ2) is 26.3. The van der Waals surface area contributed by atoms with Gasteiger partial charge < -0.3 is 14.0 Å². The molecule has 0 fully saturated rings. The van der Waals surface area contributed by atoms with Crippen molar-refractivity contribution < 1.29 is 14.0 Å². The van der Waals surface area contributed by atoms with Gasteiger partial charge in [0.15, 0.2) is 0 Å². The lowest BCUT2D eigenvalue weighted by atomic mass is 9.81. The zero-order valence-electron chi connectivity index (χ0n) is 52.2. The van der Waals surface area contributed by atoms with Crippen molar-refractivity contribution in [2.75, 3.05) is 0 Å². The fourth-order valence-electron chi connectivity index (χ4n) is 13.1. The van der Waals surface area contributed by atoms with Crippen LogP contribution in [-0.2, 0) is 33.8 Å². The van der Waals surface area contributed by atoms with E-state index in [-0.39, 0.29) is 19.8 Å². The van der Waals surface area contributed by atoms with Crippen LogP contribution in [0.3, 0.4) is 0 Å². The lowest BCUT2D eigenvalue weighted by Gasteiger charge is -2.25. The van der Waals surface area contributed by atoms with Crippen LogP contribution in [0.5, 0.6) is 0 Å². The number of aryl methyl sites for hydroxylation is 9. The molecule has 0 saturated heterocycles. The molecule has 0 atom stereocenters. The molecule has 3 nitrogen and oxygen atoms in total. The Morgan fingerprint density at radius 3 is 0.545 bits per heavy atom. The molecule has 0 saturated carbocycles. The topological polar surface area (TPSA) is 27.7 Å². The summed E-state index contributed by atoms with van der Waals surface area (Å²) in [4.78, 5) is 0. The van der Waals surface area contributed by atoms with Crippen LogP contribution < -0.4 is 0 Å². The number of rotatable bonds is 18. The molecule has 432 valence electrons. The summed E-state index contributed by atoms with van der Waals surface area (Å²) in [5.41, 5.74) is 34.8. The molecule has 0 unspecified atom stereocenters. The molecule has 0 aromatic heterocycles. The van der Waals surface area contributed by atoms with Crippen molar-refractivity contribution >= 4 is 7.32 Å². The first-order chi connectivity index (χ1) is 42.9. The lowest BCUT2D eigenvalue weighted by molar-refractivity contribution is 0.0770. The van der Waals surface area contributed by atoms with Crippen LogP contribution in [0.1, 0.15) is 66.8 Å². The van der Waals surface area contributed by atoms with Crippen molar-refractivity contribution in [3.63, 3.8) is 0 Å². The second-order valence-electron chi connectivity index (χ2n) is 23.6. The summed E-state index contributed by atoms with van der Waals surface area (Å²) < 4.78 is 22.0. The van der Waals surface area contributed by atoms with Gasteiger partial charge in [0, 0.05) is 0 Å². The van der Waals surface area contributed by atoms with Crippen LogP contribution in [0.15, 0.2) is 255 Å². The van der Waals surface area contributed by atoms with Crippen molar-refractivity contribution in [3.05, 3.63) is 322 Å². The predicted octanol–water partition coefficient (Wildman–Crippen LogP) is 22.4. The Balaban J connectivity index is 1.04. The molecule has 0 aliphatic carbocycles. The molecule has 0 spiro atoms. The second-order valence-corrected chi connectivity index (χ2v) is 23.6. The predicted molar refractivity (Wildman–Crippen MR) is 371 cm³/mol. The average molecular weight is 1140 g/mol. The molecule has 0 aliphatic rings. The molecular weight excluding hydrogens is 1070 g/mol. The van der Waals surface area contributed by atoms with E-state index in [1.165, 1.54) is 117 Å². The summed E-state index contributed by atoms with van der Waals surface area (Å²) in [5, 5.41) is 0. The van der Waals surface area contributed by atoms with Crippen LogP contribution >= 0.6 is 0 Å². The maximum atomic E-state index is 7.34. The van der Waals surface area contributed by atoms with Gasteiger partial charge in [0.1, 0.15) is 0 Å². The highest BCUT2D eigenvalue weighted by molar-refractivity contribution is 6.36. The van der Waals surface area contributed by atoms with E-state index in [0.29, 0.717) is 0 Å². The minimum Gasteiger partial charge on any atom is -0.382 e. The third-order valence-electron chi connectivity index (χ3n) is 17.8. The summed E-state index contributed by atoms with van der Waals surface area (Å²) in [7, 11) is -1.13. The Labute approximate surface area is 522 Å². The first-order valence-electron chi connectivity index (χ1n) is 30.8. The van der Waals surface area contributed by atoms with Crippen LogP contribution in [0.2, 0.25) is 0 Å². The number of benzene rings is 12. The van der Waals surface area contributed by atoms with Gasteiger partial charge in [0.05, 0.1) is 19.8 Å². The fraction of sp³-hybridized carbons (Fsp3) is 0.143. The number of hydrogen-bond donors (Lipinski definition) is 0. The van der Waals surface area contributed by atoms with Crippen LogP contribution in [0.4, 0.5) is 0 Å². The van der Waals surface area contributed by atoms with Crippen LogP contribution in [0.25, 0.3) is 100 Å². The molecule has 0 heterocycles. The largest absolute Gasteiger partial charge is 0.640 e. The van der Waals surface area contributed by atoms with E-state index < -0.39 is 7.32 Å². The van der Waals surface area contributed by atoms with Crippen molar-refractivity contribution in [1.29, 1.82) is 0 Å². The highest BCUT2D eigenvalue weighted by Crippen LogP contribution is 2.49. The third-order valence-corrected chi connectivity index (χ3v) is 17.8. The summed E-state index contributed by atoms with van der Waals surface area (Å²) in [6, 6.07) is 92.2. The normalized spacial score (nSPS) is 11.3. The van der Waals surface area contributed by atoms with Gasteiger partial charge in [-0.25, -0.2) is 0 Å². The highest BCUT2D eigenvalue weighted by atomic mass is 16.7. The molecule has 12 aromatic carbocycles. The Kier molecular flexibility index (Phi) is 17.6. The minimum atomic E-state index is -1.13. The first kappa shape index (κ1) is 58.9. The molecule has 0 N–H and O–H groups in total. The first-order valence-corrected chi connectivity index (χ1v) is 30.8. The van der Waals surface area contributed by atoms with E-state index in [2.05, 4.69) is 317 Å². The van der Waals surface area contributed by atoms with E-state index in [4.69, 9.17) is 14.0 Å². The molecular formula is C84H75BO3. The standard InChI is InChI=1S/C84H75BO3/c1-55-28-10-19-37-67(55)76-49-46-64(79(70-40-22-13-31-58(70)4)82(76)73-43-25-16-34-61(73)7)52-86-85(87-53-65-47-50-77(68-38-20-11-29-56(68)2)83(74-44-26-17-35-62(74)8)80(65)71-41-23-14-32-59(71)5)88-54-66-48-51-78(69-39-21-12-30-57(69)3)84(75-45-27-18-36-63(75)9)81(66)72-42-24-15-33-60(72)6/h10-51H,52-54H2,1-9H3. The zero-order chi connectivity index (χ0) is 60.8. The quantitative estimate of drug-likeness (QED) is 0.0802. The highest BCUT2D eigenvalue weighted by Gasteiger charge is 2.30. The third kappa shape index (κ3) is 11.9. The summed E-state index contributed by atoms with van der Waals surface area (Å²) in [5.74, 6) is 0. The summed E-state index contributed by atoms with van der Waals surface area (Å²) >= 11 is 0. The van der Waals surface area contributed by atoms with Crippen LogP contribution in [0, 0.1) is 62.3 Å². The molecule has 0 radical (unpaired) electrons. The van der Waals surface area contributed by atoms with Crippen molar-refractivity contribution in [2.45, 2.75) is 82.1 Å². The zero-order valence-corrected chi connectivity index (χ0v) is 52.2. The van der Waals surface area contributed by atoms with Gasteiger partial charge in [-0.15, -0.1) is 0 Å². The summed E-state index contributed by atoms with van der Waals surface area (Å²) in [6.07, 6.45) is 0. The Hall–Kier alpha value is -9.42. The van der Waals surface area contributed by atoms with Crippen LogP contribution in [-0.4, -0.2) is 7.32 Å². The lowest BCUT2D eigenvalue weighted by Crippen LogP contribution is -2.27. The monoisotopic (exact) mass is 1140 g/mol. The summed E-state index contributed by atoms with van der Waals surface area (Å²) in [6.45, 7) is 20.5. The van der Waals surface area contributed by atoms with Crippen molar-refractivity contribution in [2.24, 2.45) is 0 Å². The Bertz CT molecular complexity index is 4070. The van der Waals surface area contributed by atoms with Gasteiger partial charge in [0.25, 0.3) is 0 Å². The van der Waals surface area contributed by atoms with Crippen molar-refractivity contribution in [3.8, 4) is 100 Å². The van der Waals surface area contributed by atoms with Gasteiger partial charge in [-0.2, -0.15) is 0 Å². The van der Waals surface area contributed by atoms with E-state index in [1.54, 1.807) is 0 Å². The number of hydrogen-bond acceptors (Lipinski definition) is 3. The molecule has 0 bridgehead atoms. The SMILES string of the molecule is Cc1ccccc1-c1ccc(COB(OCc2ccc(-c3ccccc3C)c(-c3ccccc3C)c2-c2ccccc2C)OCc2ccc(-c3ccccc3C)c(-c3ccccc3C)c2-c2ccccc2C)c(-c2ccccc2C)c1-c1ccccc1C. The van der Waals surface area contributed by atoms with Gasteiger partial charge >= 0.3 is 7.32 Å². The Morgan fingerprint density at radius 2 is 0.352 bits per heavy atom. The molecule has 0 amide bonds. The minimum absolute atomic E-state index is 0.192. The van der Waals surface area contributed by atoms with E-state index in [9.17, 15) is 0 Å². The molecule has 12 aromatic rings. The Morgan fingerprint density at radius 1 is 0.182 bits per heavy atom. The maximum Gasteiger partial charge on any atom is 0.640 e. The van der Waals surface area contributed by atoms with Gasteiger partial charge in [-0.1, -0.05) is 255 Å². The maximum absolute atomic E-state index is 7.34. The van der Waals surface area contributed by atoms with E-state index in [0.717, 1.165) is 50.1 Å². The van der Waals surface area contributed by atoms with Gasteiger partial charge in [-0.3, -0.25) is 0 Å². The molecule has 0 aliphatic heterocycles. The smallest absolute Gasteiger partial charge is 0.382 e. The van der Waals surface area contributed by atoms with Gasteiger partial charge in [0.2, 0.25) is 0 Å². The fourth-order valence-corrected chi connectivity index (χ4v) is 13.1. The molecule has 12 rings (SSSR count). The van der Waals surface area contributed by atoms with Gasteiger partial charge in [-0.05, 0) is 229 Å². The van der Waals surface area contributed by atoms with Crippen molar-refractivity contribution in [1.82, 2.24) is 0 Å². The average Bonchev–Trinajstić information content (AvgIpc) is 0.902. The molecule has 4 heteroatoms. The van der Waals surface area contributed by atoms with E-state index >= 15 is 0 Å². The molecule has 88 heavy (non-hydrogen) atoms.